The third-order valence-electron chi connectivity index (χ3n) is 9.22. The van der Waals surface area contributed by atoms with E-state index in [0.29, 0.717) is 12.8 Å². The van der Waals surface area contributed by atoms with E-state index in [9.17, 15) is 8.78 Å². The topological polar surface area (TPSA) is 0 Å². The van der Waals surface area contributed by atoms with Gasteiger partial charge in [0.2, 0.25) is 0 Å². The minimum Gasteiger partial charge on any atom is -0.244 e. The predicted octanol–water partition coefficient (Wildman–Crippen LogP) is 8.29. The van der Waals surface area contributed by atoms with E-state index in [0.717, 1.165) is 43.4 Å². The summed E-state index contributed by atoms with van der Waals surface area (Å²) < 4.78 is 58.9. The van der Waals surface area contributed by atoms with E-state index < -0.39 is 42.4 Å². The van der Waals surface area contributed by atoms with E-state index in [2.05, 4.69) is 6.92 Å². The number of alkyl halides is 4. The molecule has 0 saturated heterocycles. The Labute approximate surface area is 182 Å². The highest BCUT2D eigenvalue weighted by Gasteiger charge is 2.48. The Morgan fingerprint density at radius 3 is 1.63 bits per heavy atom. The monoisotopic (exact) mass is 432 g/mol. The Bertz CT molecular complexity index is 507. The third kappa shape index (κ3) is 5.37. The first kappa shape index (κ1) is 24.4. The average Bonchev–Trinajstić information content (AvgIpc) is 2.74. The van der Waals surface area contributed by atoms with Gasteiger partial charge in [-0.3, -0.25) is 0 Å². The van der Waals surface area contributed by atoms with Crippen molar-refractivity contribution in [3.05, 3.63) is 0 Å². The molecule has 0 N–H and O–H groups in total. The molecule has 0 spiro atoms. The summed E-state index contributed by atoms with van der Waals surface area (Å²) in [6.45, 7) is 7.19. The van der Waals surface area contributed by atoms with Gasteiger partial charge in [0.25, 0.3) is 0 Å². The fourth-order valence-electron chi connectivity index (χ4n) is 6.92. The second-order valence-corrected chi connectivity index (χ2v) is 11.5. The largest absolute Gasteiger partial charge is 0.244 e. The Morgan fingerprint density at radius 2 is 1.10 bits per heavy atom. The van der Waals surface area contributed by atoms with Gasteiger partial charge in [-0.1, -0.05) is 40.5 Å². The molecule has 0 radical (unpaired) electrons. The van der Waals surface area contributed by atoms with Gasteiger partial charge in [0.15, 0.2) is 0 Å². The lowest BCUT2D eigenvalue weighted by atomic mass is 9.63. The first-order valence-electron chi connectivity index (χ1n) is 12.8. The van der Waals surface area contributed by atoms with E-state index in [-0.39, 0.29) is 11.8 Å². The Hall–Kier alpha value is -0.280. The van der Waals surface area contributed by atoms with Crippen LogP contribution in [-0.4, -0.2) is 24.7 Å². The van der Waals surface area contributed by atoms with Crippen molar-refractivity contribution in [1.82, 2.24) is 0 Å². The maximum Gasteiger partial charge on any atom is 0.135 e. The first-order valence-corrected chi connectivity index (χ1v) is 12.8. The molecule has 0 heterocycles. The van der Waals surface area contributed by atoms with Crippen molar-refractivity contribution in [2.75, 3.05) is 0 Å². The van der Waals surface area contributed by atoms with Gasteiger partial charge in [-0.25, -0.2) is 17.6 Å². The van der Waals surface area contributed by atoms with Crippen LogP contribution in [0.4, 0.5) is 17.6 Å². The third-order valence-corrected chi connectivity index (χ3v) is 9.22. The van der Waals surface area contributed by atoms with E-state index in [4.69, 9.17) is 0 Å². The smallest absolute Gasteiger partial charge is 0.135 e. The summed E-state index contributed by atoms with van der Waals surface area (Å²) >= 11 is 0. The van der Waals surface area contributed by atoms with Crippen LogP contribution in [0.2, 0.25) is 0 Å². The molecular formula is C26H44F4. The summed E-state index contributed by atoms with van der Waals surface area (Å²) in [6, 6.07) is 0. The van der Waals surface area contributed by atoms with Crippen LogP contribution in [0.5, 0.6) is 0 Å². The van der Waals surface area contributed by atoms with Crippen molar-refractivity contribution in [3.8, 4) is 0 Å². The molecule has 3 fully saturated rings. The minimum absolute atomic E-state index is 0.236. The second kappa shape index (κ2) is 10.6. The lowest BCUT2D eigenvalue weighted by Gasteiger charge is -2.44. The van der Waals surface area contributed by atoms with Gasteiger partial charge < -0.3 is 0 Å². The molecule has 0 aromatic heterocycles. The highest BCUT2D eigenvalue weighted by molar-refractivity contribution is 4.96. The van der Waals surface area contributed by atoms with Gasteiger partial charge in [0.1, 0.15) is 24.7 Å². The van der Waals surface area contributed by atoms with Crippen LogP contribution in [0.3, 0.4) is 0 Å². The zero-order valence-electron chi connectivity index (χ0n) is 19.5. The summed E-state index contributed by atoms with van der Waals surface area (Å²) in [5, 5.41) is 0. The van der Waals surface area contributed by atoms with Gasteiger partial charge in [0, 0.05) is 0 Å². The molecule has 3 aliphatic rings. The summed E-state index contributed by atoms with van der Waals surface area (Å²) in [6.07, 6.45) is 4.32. The van der Waals surface area contributed by atoms with Crippen molar-refractivity contribution in [2.45, 2.75) is 117 Å². The standard InChI is InChI=1S/C26H44F4/c1-15(2)23(27)24(28)17(4)21-13-14-22(26(30)25(21)29)20-11-9-19(10-12-20)18-7-5-16(3)6-8-18/h15-26H,5-14H2,1-4H3. The molecule has 30 heavy (non-hydrogen) atoms. The van der Waals surface area contributed by atoms with Crippen LogP contribution in [0.1, 0.15) is 91.9 Å². The molecule has 0 aromatic rings. The fraction of sp³-hybridized carbons (Fsp3) is 1.00. The van der Waals surface area contributed by atoms with E-state index in [1.165, 1.54) is 25.7 Å². The maximum atomic E-state index is 15.2. The Morgan fingerprint density at radius 1 is 0.600 bits per heavy atom. The highest BCUT2D eigenvalue weighted by Crippen LogP contribution is 2.48. The lowest BCUT2D eigenvalue weighted by molar-refractivity contribution is -0.0515. The molecule has 0 nitrogen and oxygen atoms in total. The zero-order valence-corrected chi connectivity index (χ0v) is 19.5. The van der Waals surface area contributed by atoms with Gasteiger partial charge in [-0.05, 0) is 98.7 Å². The van der Waals surface area contributed by atoms with Crippen LogP contribution >= 0.6 is 0 Å². The molecule has 0 aromatic carbocycles. The summed E-state index contributed by atoms with van der Waals surface area (Å²) in [5.74, 6) is 0.574. The van der Waals surface area contributed by atoms with Crippen LogP contribution in [0.15, 0.2) is 0 Å². The molecule has 176 valence electrons. The predicted molar refractivity (Wildman–Crippen MR) is 116 cm³/mol. The van der Waals surface area contributed by atoms with Gasteiger partial charge in [0.05, 0.1) is 0 Å². The molecular weight excluding hydrogens is 388 g/mol. The number of halogens is 4. The van der Waals surface area contributed by atoms with Crippen molar-refractivity contribution < 1.29 is 17.6 Å². The normalized spacial score (nSPS) is 43.9. The van der Waals surface area contributed by atoms with Gasteiger partial charge in [-0.2, -0.15) is 0 Å². The van der Waals surface area contributed by atoms with Crippen LogP contribution < -0.4 is 0 Å². The second-order valence-electron chi connectivity index (χ2n) is 11.5. The average molecular weight is 433 g/mol. The molecule has 0 aliphatic heterocycles. The van der Waals surface area contributed by atoms with Crippen molar-refractivity contribution in [3.63, 3.8) is 0 Å². The molecule has 0 bridgehead atoms. The molecule has 0 amide bonds. The number of hydrogen-bond donors (Lipinski definition) is 0. The molecule has 7 atom stereocenters. The first-order chi connectivity index (χ1) is 14.2. The summed E-state index contributed by atoms with van der Waals surface area (Å²) in [5.41, 5.74) is 0. The van der Waals surface area contributed by atoms with Crippen LogP contribution in [0, 0.1) is 47.3 Å². The molecule has 3 aliphatic carbocycles. The lowest BCUT2D eigenvalue weighted by Crippen LogP contribution is -2.47. The molecule has 3 saturated carbocycles. The van der Waals surface area contributed by atoms with E-state index >= 15 is 8.78 Å². The number of rotatable bonds is 6. The maximum absolute atomic E-state index is 15.2. The van der Waals surface area contributed by atoms with Gasteiger partial charge in [-0.15, -0.1) is 0 Å². The fourth-order valence-corrected chi connectivity index (χ4v) is 6.92. The van der Waals surface area contributed by atoms with Crippen LogP contribution in [-0.2, 0) is 0 Å². The van der Waals surface area contributed by atoms with E-state index in [1.54, 1.807) is 20.8 Å². The van der Waals surface area contributed by atoms with Gasteiger partial charge >= 0.3 is 0 Å². The quantitative estimate of drug-likeness (QED) is 0.370. The van der Waals surface area contributed by atoms with Crippen molar-refractivity contribution in [1.29, 1.82) is 0 Å². The Kier molecular flexibility index (Phi) is 8.57. The molecule has 4 heteroatoms. The van der Waals surface area contributed by atoms with Crippen LogP contribution in [0.25, 0.3) is 0 Å². The van der Waals surface area contributed by atoms with Crippen molar-refractivity contribution in [2.24, 2.45) is 47.3 Å². The van der Waals surface area contributed by atoms with E-state index in [1.807, 2.05) is 0 Å². The summed E-state index contributed by atoms with van der Waals surface area (Å²) in [7, 11) is 0. The summed E-state index contributed by atoms with van der Waals surface area (Å²) in [4.78, 5) is 0. The zero-order chi connectivity index (χ0) is 22.0. The SMILES string of the molecule is CC1CCC(C2CCC(C3CCC(C(C)C(F)C(F)C(C)C)C(F)C3F)CC2)CC1. The number of hydrogen-bond acceptors (Lipinski definition) is 0. The molecule has 7 unspecified atom stereocenters. The molecule has 3 rings (SSSR count). The minimum atomic E-state index is -1.72. The van der Waals surface area contributed by atoms with Crippen molar-refractivity contribution >= 4 is 0 Å². The highest BCUT2D eigenvalue weighted by atomic mass is 19.2. The Balaban J connectivity index is 1.51.